The van der Waals surface area contributed by atoms with Gasteiger partial charge in [-0.2, -0.15) is 0 Å². The summed E-state index contributed by atoms with van der Waals surface area (Å²) in [6.45, 7) is 2.97. The van der Waals surface area contributed by atoms with Crippen LogP contribution in [0.5, 0.6) is 5.75 Å². The van der Waals surface area contributed by atoms with Gasteiger partial charge in [-0.15, -0.1) is 0 Å². The van der Waals surface area contributed by atoms with Gasteiger partial charge >= 0.3 is 0 Å². The summed E-state index contributed by atoms with van der Waals surface area (Å²) in [5, 5.41) is 1.07. The average molecular weight is 377 g/mol. The summed E-state index contributed by atoms with van der Waals surface area (Å²) < 4.78 is 5.75. The summed E-state index contributed by atoms with van der Waals surface area (Å²) in [6, 6.07) is 8.03. The Morgan fingerprint density at radius 2 is 1.70 bits per heavy atom. The molecular weight excluding hydrogens is 352 g/mol. The molecule has 2 aromatic rings. The van der Waals surface area contributed by atoms with Crippen molar-refractivity contribution in [3.8, 4) is 17.1 Å². The fourth-order valence-electron chi connectivity index (χ4n) is 2.28. The minimum Gasteiger partial charge on any atom is -0.494 e. The number of ether oxygens (including phenoxy) is 1. The third-order valence-electron chi connectivity index (χ3n) is 3.68. The SMILES string of the molecule is CCCCc1cnc(-c2ccc(OCCCCCBr)cc2)nc1. The normalized spacial score (nSPS) is 10.7. The van der Waals surface area contributed by atoms with E-state index in [9.17, 15) is 0 Å². The third kappa shape index (κ3) is 6.30. The summed E-state index contributed by atoms with van der Waals surface area (Å²) in [5.41, 5.74) is 2.23. The van der Waals surface area contributed by atoms with Crippen molar-refractivity contribution in [2.24, 2.45) is 0 Å². The van der Waals surface area contributed by atoms with E-state index in [0.717, 1.165) is 41.9 Å². The average Bonchev–Trinajstić information content (AvgIpc) is 2.61. The number of aryl methyl sites for hydroxylation is 1. The lowest BCUT2D eigenvalue weighted by Crippen LogP contribution is -1.97. The van der Waals surface area contributed by atoms with Gasteiger partial charge in [0.05, 0.1) is 6.61 Å². The van der Waals surface area contributed by atoms with Crippen molar-refractivity contribution in [2.45, 2.75) is 45.4 Å². The van der Waals surface area contributed by atoms with E-state index in [1.54, 1.807) is 0 Å². The van der Waals surface area contributed by atoms with E-state index >= 15 is 0 Å². The highest BCUT2D eigenvalue weighted by molar-refractivity contribution is 9.09. The van der Waals surface area contributed by atoms with Gasteiger partial charge in [0, 0.05) is 23.3 Å². The number of benzene rings is 1. The molecule has 2 rings (SSSR count). The Kier molecular flexibility index (Phi) is 8.08. The standard InChI is InChI=1S/C19H25BrN2O/c1-2-3-7-16-14-21-19(22-15-16)17-8-10-18(11-9-17)23-13-6-4-5-12-20/h8-11,14-15H,2-7,12-13H2,1H3. The summed E-state index contributed by atoms with van der Waals surface area (Å²) in [7, 11) is 0. The van der Waals surface area contributed by atoms with Crippen LogP contribution in [0.4, 0.5) is 0 Å². The van der Waals surface area contributed by atoms with Crippen LogP contribution in [0.2, 0.25) is 0 Å². The lowest BCUT2D eigenvalue weighted by Gasteiger charge is -2.07. The number of hydrogen-bond acceptors (Lipinski definition) is 3. The van der Waals surface area contributed by atoms with Crippen LogP contribution in [0, 0.1) is 0 Å². The highest BCUT2D eigenvalue weighted by Crippen LogP contribution is 2.19. The Balaban J connectivity index is 1.86. The van der Waals surface area contributed by atoms with E-state index in [1.807, 2.05) is 36.7 Å². The summed E-state index contributed by atoms with van der Waals surface area (Å²) in [4.78, 5) is 8.94. The Labute approximate surface area is 147 Å². The molecule has 0 aliphatic carbocycles. The topological polar surface area (TPSA) is 35.0 Å². The molecule has 0 aliphatic heterocycles. The van der Waals surface area contributed by atoms with Gasteiger partial charge in [-0.25, -0.2) is 9.97 Å². The van der Waals surface area contributed by atoms with E-state index < -0.39 is 0 Å². The highest BCUT2D eigenvalue weighted by atomic mass is 79.9. The second kappa shape index (κ2) is 10.4. The Bertz CT molecular complexity index is 555. The number of nitrogens with zero attached hydrogens (tertiary/aromatic N) is 2. The van der Waals surface area contributed by atoms with Crippen molar-refractivity contribution in [3.05, 3.63) is 42.2 Å². The smallest absolute Gasteiger partial charge is 0.159 e. The monoisotopic (exact) mass is 376 g/mol. The maximum absolute atomic E-state index is 5.75. The fraction of sp³-hybridized carbons (Fsp3) is 0.474. The van der Waals surface area contributed by atoms with Crippen LogP contribution in [0.15, 0.2) is 36.7 Å². The van der Waals surface area contributed by atoms with E-state index in [2.05, 4.69) is 32.8 Å². The van der Waals surface area contributed by atoms with E-state index in [1.165, 1.54) is 31.2 Å². The lowest BCUT2D eigenvalue weighted by molar-refractivity contribution is 0.306. The first kappa shape index (κ1) is 17.9. The molecule has 0 aliphatic rings. The van der Waals surface area contributed by atoms with Crippen molar-refractivity contribution in [1.29, 1.82) is 0 Å². The van der Waals surface area contributed by atoms with Crippen molar-refractivity contribution in [2.75, 3.05) is 11.9 Å². The summed E-state index contributed by atoms with van der Waals surface area (Å²) >= 11 is 3.44. The molecule has 0 atom stereocenters. The molecule has 1 aromatic carbocycles. The zero-order valence-corrected chi connectivity index (χ0v) is 15.4. The molecule has 23 heavy (non-hydrogen) atoms. The molecule has 1 heterocycles. The molecule has 1 aromatic heterocycles. The van der Waals surface area contributed by atoms with Crippen molar-refractivity contribution in [3.63, 3.8) is 0 Å². The van der Waals surface area contributed by atoms with Crippen molar-refractivity contribution < 1.29 is 4.74 Å². The predicted octanol–water partition coefficient (Wildman–Crippen LogP) is 5.43. The van der Waals surface area contributed by atoms with E-state index in [4.69, 9.17) is 4.74 Å². The molecule has 0 bridgehead atoms. The molecule has 0 radical (unpaired) electrons. The van der Waals surface area contributed by atoms with Gasteiger partial charge in [-0.1, -0.05) is 29.3 Å². The minimum absolute atomic E-state index is 0.772. The number of rotatable bonds is 10. The van der Waals surface area contributed by atoms with Crippen molar-refractivity contribution in [1.82, 2.24) is 9.97 Å². The van der Waals surface area contributed by atoms with Crippen LogP contribution < -0.4 is 4.74 Å². The third-order valence-corrected chi connectivity index (χ3v) is 4.24. The van der Waals surface area contributed by atoms with Crippen LogP contribution >= 0.6 is 15.9 Å². The maximum Gasteiger partial charge on any atom is 0.159 e. The molecule has 0 fully saturated rings. The van der Waals surface area contributed by atoms with Gasteiger partial charge in [-0.3, -0.25) is 0 Å². The number of halogens is 1. The Morgan fingerprint density at radius 1 is 0.957 bits per heavy atom. The molecule has 0 saturated heterocycles. The Hall–Kier alpha value is -1.42. The molecule has 0 unspecified atom stereocenters. The first-order chi connectivity index (χ1) is 11.3. The predicted molar refractivity (Wildman–Crippen MR) is 99.2 cm³/mol. The van der Waals surface area contributed by atoms with Gasteiger partial charge < -0.3 is 4.74 Å². The van der Waals surface area contributed by atoms with Gasteiger partial charge in [-0.05, 0) is 61.9 Å². The quantitative estimate of drug-likeness (QED) is 0.409. The van der Waals surface area contributed by atoms with Crippen LogP contribution in [-0.2, 0) is 6.42 Å². The molecule has 0 amide bonds. The molecule has 4 heteroatoms. The number of alkyl halides is 1. The van der Waals surface area contributed by atoms with Crippen LogP contribution in [0.25, 0.3) is 11.4 Å². The van der Waals surface area contributed by atoms with Gasteiger partial charge in [0.15, 0.2) is 5.82 Å². The van der Waals surface area contributed by atoms with Gasteiger partial charge in [0.25, 0.3) is 0 Å². The summed E-state index contributed by atoms with van der Waals surface area (Å²) in [6.07, 6.45) is 10.8. The van der Waals surface area contributed by atoms with Gasteiger partial charge in [0.1, 0.15) is 5.75 Å². The van der Waals surface area contributed by atoms with Crippen molar-refractivity contribution >= 4 is 15.9 Å². The molecular formula is C19H25BrN2O. The lowest BCUT2D eigenvalue weighted by atomic mass is 10.1. The zero-order chi connectivity index (χ0) is 16.3. The molecule has 0 N–H and O–H groups in total. The van der Waals surface area contributed by atoms with E-state index in [-0.39, 0.29) is 0 Å². The van der Waals surface area contributed by atoms with Crippen LogP contribution in [-0.4, -0.2) is 21.9 Å². The number of aromatic nitrogens is 2. The maximum atomic E-state index is 5.75. The number of unbranched alkanes of at least 4 members (excludes halogenated alkanes) is 3. The van der Waals surface area contributed by atoms with Crippen LogP contribution in [0.1, 0.15) is 44.6 Å². The molecule has 3 nitrogen and oxygen atoms in total. The second-order valence-corrected chi connectivity index (χ2v) is 6.43. The molecule has 124 valence electrons. The zero-order valence-electron chi connectivity index (χ0n) is 13.8. The first-order valence-electron chi connectivity index (χ1n) is 8.43. The summed E-state index contributed by atoms with van der Waals surface area (Å²) in [5.74, 6) is 1.68. The second-order valence-electron chi connectivity index (χ2n) is 5.64. The minimum atomic E-state index is 0.772. The first-order valence-corrected chi connectivity index (χ1v) is 9.55. The van der Waals surface area contributed by atoms with Crippen LogP contribution in [0.3, 0.4) is 0 Å². The van der Waals surface area contributed by atoms with Gasteiger partial charge in [0.2, 0.25) is 0 Å². The molecule has 0 saturated carbocycles. The largest absolute Gasteiger partial charge is 0.494 e. The highest BCUT2D eigenvalue weighted by Gasteiger charge is 2.02. The molecule has 0 spiro atoms. The Morgan fingerprint density at radius 3 is 2.35 bits per heavy atom. The number of hydrogen-bond donors (Lipinski definition) is 0. The fourth-order valence-corrected chi connectivity index (χ4v) is 2.67. The van der Waals surface area contributed by atoms with E-state index in [0.29, 0.717) is 0 Å².